The maximum atomic E-state index is 12.3. The van der Waals surface area contributed by atoms with E-state index in [1.54, 1.807) is 0 Å². The highest BCUT2D eigenvalue weighted by Crippen LogP contribution is 2.35. The predicted molar refractivity (Wildman–Crippen MR) is 95.5 cm³/mol. The number of carbonyl (C=O) groups is 1. The van der Waals surface area contributed by atoms with Gasteiger partial charge in [-0.05, 0) is 25.3 Å². The van der Waals surface area contributed by atoms with Crippen molar-refractivity contribution in [3.63, 3.8) is 0 Å². The van der Waals surface area contributed by atoms with Crippen LogP contribution in [0, 0.1) is 17.8 Å². The van der Waals surface area contributed by atoms with Crippen LogP contribution in [-0.4, -0.2) is 38.5 Å². The van der Waals surface area contributed by atoms with Gasteiger partial charge >= 0.3 is 5.97 Å². The van der Waals surface area contributed by atoms with Crippen molar-refractivity contribution in [1.29, 1.82) is 0 Å². The number of nitrogens with zero attached hydrogens (tertiary/aromatic N) is 1. The van der Waals surface area contributed by atoms with Gasteiger partial charge in [-0.3, -0.25) is 4.79 Å². The zero-order valence-electron chi connectivity index (χ0n) is 15.3. The van der Waals surface area contributed by atoms with E-state index >= 15 is 0 Å². The van der Waals surface area contributed by atoms with Crippen LogP contribution in [0.5, 0.6) is 0 Å². The van der Waals surface area contributed by atoms with Gasteiger partial charge in [0.25, 0.3) is 0 Å². The molecular formula is C18H36BNO2. The summed E-state index contributed by atoms with van der Waals surface area (Å²) >= 11 is 0. The third-order valence-electron chi connectivity index (χ3n) is 5.10. The van der Waals surface area contributed by atoms with E-state index in [1.807, 2.05) is 6.92 Å². The Kier molecular flexibility index (Phi) is 9.86. The van der Waals surface area contributed by atoms with Crippen molar-refractivity contribution in [3.05, 3.63) is 0 Å². The van der Waals surface area contributed by atoms with Crippen molar-refractivity contribution in [3.8, 4) is 0 Å². The molecule has 1 fully saturated rings. The second-order valence-electron chi connectivity index (χ2n) is 7.00. The van der Waals surface area contributed by atoms with Crippen LogP contribution in [0.25, 0.3) is 0 Å². The first-order chi connectivity index (χ1) is 10.6. The van der Waals surface area contributed by atoms with Crippen molar-refractivity contribution >= 4 is 14.0 Å². The molecule has 3 atom stereocenters. The molecule has 1 rings (SSSR count). The molecule has 0 amide bonds. The summed E-state index contributed by atoms with van der Waals surface area (Å²) in [6.07, 6.45) is 10.4. The fourth-order valence-electron chi connectivity index (χ4n) is 3.88. The molecular weight excluding hydrogens is 273 g/mol. The zero-order valence-corrected chi connectivity index (χ0v) is 15.3. The van der Waals surface area contributed by atoms with Crippen LogP contribution in [-0.2, 0) is 9.53 Å². The van der Waals surface area contributed by atoms with E-state index in [4.69, 9.17) is 4.74 Å². The van der Waals surface area contributed by atoms with Crippen molar-refractivity contribution in [2.45, 2.75) is 72.1 Å². The van der Waals surface area contributed by atoms with Gasteiger partial charge in [0, 0.05) is 6.54 Å². The molecule has 1 saturated heterocycles. The third kappa shape index (κ3) is 6.32. The molecule has 1 aliphatic rings. The van der Waals surface area contributed by atoms with E-state index < -0.39 is 0 Å². The van der Waals surface area contributed by atoms with Crippen molar-refractivity contribution < 1.29 is 9.53 Å². The lowest BCUT2D eigenvalue weighted by molar-refractivity contribution is -0.149. The van der Waals surface area contributed by atoms with Gasteiger partial charge in [-0.2, -0.15) is 0 Å². The normalized spacial score (nSPS) is 23.6. The summed E-state index contributed by atoms with van der Waals surface area (Å²) in [5.74, 6) is 1.32. The summed E-state index contributed by atoms with van der Waals surface area (Å²) in [6.45, 7) is 8.87. The lowest BCUT2D eigenvalue weighted by atomic mass is 9.78. The van der Waals surface area contributed by atoms with E-state index in [0.29, 0.717) is 18.4 Å². The number of esters is 1. The van der Waals surface area contributed by atoms with Crippen LogP contribution < -0.4 is 0 Å². The fourth-order valence-corrected chi connectivity index (χ4v) is 3.88. The SMILES string of the molecule is BN1CC(C(CCCC)CCCCCC)[C@@H](C(=O)OCC)C1. The van der Waals surface area contributed by atoms with Gasteiger partial charge in [0.1, 0.15) is 0 Å². The van der Waals surface area contributed by atoms with E-state index in [-0.39, 0.29) is 11.9 Å². The van der Waals surface area contributed by atoms with Crippen molar-refractivity contribution in [2.24, 2.45) is 17.8 Å². The molecule has 1 heterocycles. The molecule has 2 unspecified atom stereocenters. The highest BCUT2D eigenvalue weighted by atomic mass is 16.5. The Balaban J connectivity index is 2.64. The maximum Gasteiger partial charge on any atom is 0.310 e. The third-order valence-corrected chi connectivity index (χ3v) is 5.10. The zero-order chi connectivity index (χ0) is 16.4. The lowest BCUT2D eigenvalue weighted by Crippen LogP contribution is -2.30. The molecule has 0 bridgehead atoms. The smallest absolute Gasteiger partial charge is 0.310 e. The molecule has 0 saturated carbocycles. The van der Waals surface area contributed by atoms with Gasteiger partial charge in [0.15, 0.2) is 7.98 Å². The summed E-state index contributed by atoms with van der Waals surface area (Å²) in [4.78, 5) is 14.6. The number of hydrogen-bond acceptors (Lipinski definition) is 3. The second kappa shape index (κ2) is 11.1. The quantitative estimate of drug-likeness (QED) is 0.333. The van der Waals surface area contributed by atoms with Crippen LogP contribution in [0.4, 0.5) is 0 Å². The molecule has 0 aromatic heterocycles. The summed E-state index contributed by atoms with van der Waals surface area (Å²) < 4.78 is 5.34. The van der Waals surface area contributed by atoms with E-state index in [0.717, 1.165) is 13.1 Å². The minimum absolute atomic E-state index is 0.0342. The maximum absolute atomic E-state index is 12.3. The molecule has 128 valence electrons. The van der Waals surface area contributed by atoms with Crippen LogP contribution in [0.3, 0.4) is 0 Å². The minimum Gasteiger partial charge on any atom is -0.466 e. The monoisotopic (exact) mass is 309 g/mol. The summed E-state index contributed by atoms with van der Waals surface area (Å²) in [5, 5.41) is 0. The standard InChI is InChI=1S/C18H36BNO2/c1-4-7-9-10-12-15(11-8-5-2)16-13-20(19)14-17(16)18(21)22-6-3/h15-17H,4-14,19H2,1-3H3/t15?,16?,17-/m0/s1. The first-order valence-electron chi connectivity index (χ1n) is 9.49. The average molecular weight is 309 g/mol. The van der Waals surface area contributed by atoms with Gasteiger partial charge < -0.3 is 9.55 Å². The molecule has 0 aromatic carbocycles. The summed E-state index contributed by atoms with van der Waals surface area (Å²) in [6, 6.07) is 0. The molecule has 0 N–H and O–H groups in total. The van der Waals surface area contributed by atoms with E-state index in [1.165, 1.54) is 51.4 Å². The number of rotatable bonds is 11. The number of unbranched alkanes of at least 4 members (excludes halogenated alkanes) is 4. The molecule has 4 heteroatoms. The molecule has 1 aliphatic heterocycles. The highest BCUT2D eigenvalue weighted by molar-refractivity contribution is 6.04. The summed E-state index contributed by atoms with van der Waals surface area (Å²) in [5.41, 5.74) is 0. The largest absolute Gasteiger partial charge is 0.466 e. The Morgan fingerprint density at radius 1 is 1.09 bits per heavy atom. The first kappa shape index (κ1) is 19.5. The Morgan fingerprint density at radius 2 is 1.77 bits per heavy atom. The van der Waals surface area contributed by atoms with E-state index in [9.17, 15) is 4.79 Å². The molecule has 0 spiro atoms. The van der Waals surface area contributed by atoms with Crippen LogP contribution in [0.2, 0.25) is 0 Å². The lowest BCUT2D eigenvalue weighted by Gasteiger charge is -2.27. The van der Waals surface area contributed by atoms with Crippen LogP contribution >= 0.6 is 0 Å². The topological polar surface area (TPSA) is 29.5 Å². The molecule has 3 nitrogen and oxygen atoms in total. The fraction of sp³-hybridized carbons (Fsp3) is 0.944. The Hall–Kier alpha value is -0.505. The van der Waals surface area contributed by atoms with Gasteiger partial charge in [0.05, 0.1) is 12.5 Å². The first-order valence-corrected chi connectivity index (χ1v) is 9.49. The Morgan fingerprint density at radius 3 is 2.41 bits per heavy atom. The average Bonchev–Trinajstić information content (AvgIpc) is 2.89. The van der Waals surface area contributed by atoms with Gasteiger partial charge in [-0.25, -0.2) is 0 Å². The number of hydrogen-bond donors (Lipinski definition) is 0. The molecule has 0 aliphatic carbocycles. The predicted octanol–water partition coefficient (Wildman–Crippen LogP) is 3.42. The van der Waals surface area contributed by atoms with E-state index in [2.05, 4.69) is 26.6 Å². The van der Waals surface area contributed by atoms with Crippen LogP contribution in [0.15, 0.2) is 0 Å². The number of ether oxygens (including phenoxy) is 1. The van der Waals surface area contributed by atoms with Gasteiger partial charge in [-0.1, -0.05) is 65.2 Å². The number of carbonyl (C=O) groups excluding carboxylic acids is 1. The van der Waals surface area contributed by atoms with Crippen molar-refractivity contribution in [2.75, 3.05) is 19.7 Å². The van der Waals surface area contributed by atoms with Crippen molar-refractivity contribution in [1.82, 2.24) is 4.81 Å². The Labute approximate surface area is 138 Å². The summed E-state index contributed by atoms with van der Waals surface area (Å²) in [7, 11) is 2.14. The van der Waals surface area contributed by atoms with Gasteiger partial charge in [0.2, 0.25) is 0 Å². The molecule has 0 aromatic rings. The Bertz CT molecular complexity index is 311. The molecule has 0 radical (unpaired) electrons. The highest BCUT2D eigenvalue weighted by Gasteiger charge is 2.40. The second-order valence-corrected chi connectivity index (χ2v) is 7.00. The molecule has 22 heavy (non-hydrogen) atoms. The minimum atomic E-state index is 0.0342. The van der Waals surface area contributed by atoms with Crippen LogP contribution in [0.1, 0.15) is 72.1 Å². The van der Waals surface area contributed by atoms with Gasteiger partial charge in [-0.15, -0.1) is 0 Å².